The monoisotopic (exact) mass is 116 g/mol. The van der Waals surface area contributed by atoms with Crippen LogP contribution in [0.15, 0.2) is 23.7 Å². The second-order valence-electron chi connectivity index (χ2n) is 1.56. The van der Waals surface area contributed by atoms with Crippen molar-refractivity contribution in [3.8, 4) is 0 Å². The summed E-state index contributed by atoms with van der Waals surface area (Å²) in [5, 5.41) is 8.45. The standard InChI is InChI=1S/C6H9FO/c1-5(7)3-4-6(2)8/h3-4,8H,1-2H3/b5-3+,6-4-. The number of rotatable bonds is 1. The van der Waals surface area contributed by atoms with Gasteiger partial charge in [0.15, 0.2) is 0 Å². The van der Waals surface area contributed by atoms with Crippen molar-refractivity contribution in [1.29, 1.82) is 0 Å². The van der Waals surface area contributed by atoms with Gasteiger partial charge in [-0.1, -0.05) is 0 Å². The highest BCUT2D eigenvalue weighted by molar-refractivity contribution is 5.06. The number of aliphatic hydroxyl groups is 1. The smallest absolute Gasteiger partial charge is 0.0969 e. The molecule has 0 heterocycles. The Hall–Kier alpha value is -0.790. The van der Waals surface area contributed by atoms with Gasteiger partial charge in [-0.05, 0) is 26.0 Å². The van der Waals surface area contributed by atoms with Crippen LogP contribution in [0, 0.1) is 0 Å². The molecule has 0 aromatic rings. The van der Waals surface area contributed by atoms with Crippen LogP contribution in [0.2, 0.25) is 0 Å². The quantitative estimate of drug-likeness (QED) is 0.411. The number of allylic oxidation sites excluding steroid dienone is 4. The molecule has 0 aliphatic rings. The third kappa shape index (κ3) is 5.21. The van der Waals surface area contributed by atoms with E-state index in [4.69, 9.17) is 5.11 Å². The lowest BCUT2D eigenvalue weighted by Crippen LogP contribution is -1.66. The Morgan fingerprint density at radius 2 is 1.88 bits per heavy atom. The summed E-state index contributed by atoms with van der Waals surface area (Å²) in [4.78, 5) is 0. The van der Waals surface area contributed by atoms with Gasteiger partial charge in [-0.15, -0.1) is 0 Å². The lowest BCUT2D eigenvalue weighted by atomic mass is 10.4. The van der Waals surface area contributed by atoms with Crippen molar-refractivity contribution in [2.75, 3.05) is 0 Å². The largest absolute Gasteiger partial charge is 0.513 e. The van der Waals surface area contributed by atoms with E-state index >= 15 is 0 Å². The highest BCUT2D eigenvalue weighted by Crippen LogP contribution is 1.94. The van der Waals surface area contributed by atoms with E-state index in [2.05, 4.69) is 0 Å². The first-order valence-corrected chi connectivity index (χ1v) is 2.32. The molecule has 0 aromatic heterocycles. The predicted octanol–water partition coefficient (Wildman–Crippen LogP) is 2.32. The number of aliphatic hydroxyl groups excluding tert-OH is 1. The lowest BCUT2D eigenvalue weighted by Gasteiger charge is -1.81. The highest BCUT2D eigenvalue weighted by atomic mass is 19.1. The molecule has 0 radical (unpaired) electrons. The predicted molar refractivity (Wildman–Crippen MR) is 31.3 cm³/mol. The first kappa shape index (κ1) is 7.21. The minimum atomic E-state index is -0.307. The zero-order valence-corrected chi connectivity index (χ0v) is 4.98. The van der Waals surface area contributed by atoms with Crippen LogP contribution in [-0.2, 0) is 0 Å². The molecule has 0 unspecified atom stereocenters. The molecule has 0 aliphatic carbocycles. The van der Waals surface area contributed by atoms with Gasteiger partial charge in [-0.25, -0.2) is 4.39 Å². The maximum atomic E-state index is 11.8. The Bertz CT molecular complexity index is 100. The normalized spacial score (nSPS) is 14.4. The SMILES string of the molecule is C/C(O)=C/C=C(\C)F. The van der Waals surface area contributed by atoms with Gasteiger partial charge < -0.3 is 5.11 Å². The number of hydrogen-bond donors (Lipinski definition) is 1. The summed E-state index contributed by atoms with van der Waals surface area (Å²) >= 11 is 0. The summed E-state index contributed by atoms with van der Waals surface area (Å²) < 4.78 is 11.8. The Kier molecular flexibility index (Phi) is 2.92. The van der Waals surface area contributed by atoms with E-state index in [0.717, 1.165) is 0 Å². The van der Waals surface area contributed by atoms with E-state index in [1.165, 1.54) is 26.0 Å². The van der Waals surface area contributed by atoms with Crippen LogP contribution in [0.3, 0.4) is 0 Å². The molecule has 0 fully saturated rings. The molecule has 0 aliphatic heterocycles. The fourth-order valence-corrected chi connectivity index (χ4v) is 0.235. The molecule has 46 valence electrons. The maximum absolute atomic E-state index is 11.8. The summed E-state index contributed by atoms with van der Waals surface area (Å²) in [6.45, 7) is 2.80. The van der Waals surface area contributed by atoms with E-state index in [1.54, 1.807) is 0 Å². The zero-order chi connectivity index (χ0) is 6.57. The molecular formula is C6H9FO. The molecule has 1 nitrogen and oxygen atoms in total. The second-order valence-corrected chi connectivity index (χ2v) is 1.56. The number of halogens is 1. The molecule has 1 N–H and O–H groups in total. The molecule has 0 rings (SSSR count). The molecule has 0 bridgehead atoms. The van der Waals surface area contributed by atoms with Crippen LogP contribution < -0.4 is 0 Å². The summed E-state index contributed by atoms with van der Waals surface area (Å²) in [5.74, 6) is -0.194. The average Bonchev–Trinajstić information content (AvgIpc) is 1.61. The Morgan fingerprint density at radius 3 is 2.00 bits per heavy atom. The molecule has 0 amide bonds. The topological polar surface area (TPSA) is 20.2 Å². The molecule has 0 atom stereocenters. The average molecular weight is 116 g/mol. The maximum Gasteiger partial charge on any atom is 0.0969 e. The Balaban J connectivity index is 3.76. The summed E-state index contributed by atoms with van der Waals surface area (Å²) in [5.41, 5.74) is 0. The van der Waals surface area contributed by atoms with Gasteiger partial charge in [0.1, 0.15) is 0 Å². The van der Waals surface area contributed by atoms with Crippen LogP contribution in [-0.4, -0.2) is 5.11 Å². The molecule has 0 spiro atoms. The van der Waals surface area contributed by atoms with Crippen LogP contribution in [0.5, 0.6) is 0 Å². The van der Waals surface area contributed by atoms with E-state index < -0.39 is 0 Å². The molecule has 0 aromatic carbocycles. The minimum absolute atomic E-state index is 0.113. The molecular weight excluding hydrogens is 107 g/mol. The Labute approximate surface area is 48.1 Å². The summed E-state index contributed by atoms with van der Waals surface area (Å²) in [6.07, 6.45) is 2.50. The van der Waals surface area contributed by atoms with Crippen molar-refractivity contribution in [3.05, 3.63) is 23.7 Å². The summed E-state index contributed by atoms with van der Waals surface area (Å²) in [6, 6.07) is 0. The van der Waals surface area contributed by atoms with Crippen molar-refractivity contribution in [2.24, 2.45) is 0 Å². The van der Waals surface area contributed by atoms with Crippen LogP contribution in [0.1, 0.15) is 13.8 Å². The van der Waals surface area contributed by atoms with E-state index in [9.17, 15) is 4.39 Å². The van der Waals surface area contributed by atoms with Crippen LogP contribution >= 0.6 is 0 Å². The van der Waals surface area contributed by atoms with Gasteiger partial charge in [0, 0.05) is 0 Å². The second kappa shape index (κ2) is 3.24. The third-order valence-corrected chi connectivity index (χ3v) is 0.554. The van der Waals surface area contributed by atoms with Crippen LogP contribution in [0.4, 0.5) is 4.39 Å². The van der Waals surface area contributed by atoms with Gasteiger partial charge in [0.05, 0.1) is 11.6 Å². The Morgan fingerprint density at radius 1 is 1.38 bits per heavy atom. The highest BCUT2D eigenvalue weighted by Gasteiger charge is 1.77. The first-order valence-electron chi connectivity index (χ1n) is 2.32. The van der Waals surface area contributed by atoms with Crippen molar-refractivity contribution >= 4 is 0 Å². The van der Waals surface area contributed by atoms with Crippen molar-refractivity contribution in [1.82, 2.24) is 0 Å². The molecule has 2 heteroatoms. The van der Waals surface area contributed by atoms with Gasteiger partial charge in [0.2, 0.25) is 0 Å². The summed E-state index contributed by atoms with van der Waals surface area (Å²) in [7, 11) is 0. The molecule has 8 heavy (non-hydrogen) atoms. The minimum Gasteiger partial charge on any atom is -0.513 e. The van der Waals surface area contributed by atoms with Crippen molar-refractivity contribution in [2.45, 2.75) is 13.8 Å². The van der Waals surface area contributed by atoms with Crippen LogP contribution in [0.25, 0.3) is 0 Å². The van der Waals surface area contributed by atoms with Gasteiger partial charge in [0.25, 0.3) is 0 Å². The number of hydrogen-bond acceptors (Lipinski definition) is 1. The van der Waals surface area contributed by atoms with E-state index in [0.29, 0.717) is 0 Å². The van der Waals surface area contributed by atoms with Crippen molar-refractivity contribution < 1.29 is 9.50 Å². The zero-order valence-electron chi connectivity index (χ0n) is 4.98. The van der Waals surface area contributed by atoms with Crippen molar-refractivity contribution in [3.63, 3.8) is 0 Å². The van der Waals surface area contributed by atoms with E-state index in [1.807, 2.05) is 0 Å². The van der Waals surface area contributed by atoms with Gasteiger partial charge in [-0.3, -0.25) is 0 Å². The van der Waals surface area contributed by atoms with E-state index in [-0.39, 0.29) is 11.6 Å². The van der Waals surface area contributed by atoms with Gasteiger partial charge in [-0.2, -0.15) is 0 Å². The fourth-order valence-electron chi connectivity index (χ4n) is 0.235. The third-order valence-electron chi connectivity index (χ3n) is 0.554. The fraction of sp³-hybridized carbons (Fsp3) is 0.333. The van der Waals surface area contributed by atoms with Gasteiger partial charge >= 0.3 is 0 Å². The molecule has 0 saturated carbocycles. The first-order chi connectivity index (χ1) is 3.63. The molecule has 0 saturated heterocycles. The lowest BCUT2D eigenvalue weighted by molar-refractivity contribution is 0.414.